The van der Waals surface area contributed by atoms with Crippen LogP contribution in [0, 0.1) is 0 Å². The van der Waals surface area contributed by atoms with E-state index in [-0.39, 0.29) is 11.7 Å². The quantitative estimate of drug-likeness (QED) is 0.480. The van der Waals surface area contributed by atoms with Crippen LogP contribution in [0.1, 0.15) is 13.8 Å². The van der Waals surface area contributed by atoms with Crippen molar-refractivity contribution in [3.8, 4) is 0 Å². The van der Waals surface area contributed by atoms with Crippen LogP contribution in [-0.4, -0.2) is 44.0 Å². The molecule has 0 aromatic rings. The summed E-state index contributed by atoms with van der Waals surface area (Å²) in [6, 6.07) is 0. The maximum Gasteiger partial charge on any atom is 0.0954 e. The number of rotatable bonds is 8. The van der Waals surface area contributed by atoms with Gasteiger partial charge in [-0.25, -0.2) is 0 Å². The first-order valence-corrected chi connectivity index (χ1v) is 7.77. The van der Waals surface area contributed by atoms with E-state index < -0.39 is 0 Å². The molecule has 0 bridgehead atoms. The summed E-state index contributed by atoms with van der Waals surface area (Å²) in [5, 5.41) is 3.34. The van der Waals surface area contributed by atoms with Crippen LogP contribution >= 0.6 is 0 Å². The van der Waals surface area contributed by atoms with Crippen molar-refractivity contribution >= 4 is 19.0 Å². The molecule has 0 aromatic carbocycles. The summed E-state index contributed by atoms with van der Waals surface area (Å²) in [6.07, 6.45) is 0. The summed E-state index contributed by atoms with van der Waals surface area (Å²) in [7, 11) is 1.49. The summed E-state index contributed by atoms with van der Waals surface area (Å²) >= 11 is 0. The monoisotopic (exact) mass is 217 g/mol. The van der Waals surface area contributed by atoms with Crippen LogP contribution in [0.4, 0.5) is 0 Å². The normalized spacial score (nSPS) is 15.7. The molecule has 13 heavy (non-hydrogen) atoms. The first kappa shape index (κ1) is 13.3. The molecule has 4 radical (unpaired) electrons. The van der Waals surface area contributed by atoms with Gasteiger partial charge in [-0.3, -0.25) is 5.32 Å². The highest BCUT2D eigenvalue weighted by Gasteiger charge is 2.12. The highest BCUT2D eigenvalue weighted by molar-refractivity contribution is 6.37. The Hall–Kier alpha value is 0.314. The predicted molar refractivity (Wildman–Crippen MR) is 57.2 cm³/mol. The molecule has 0 aliphatic heterocycles. The topological polar surface area (TPSA) is 30.5 Å². The van der Waals surface area contributed by atoms with Gasteiger partial charge < -0.3 is 9.47 Å². The fourth-order valence-corrected chi connectivity index (χ4v) is 2.37. The molecule has 0 aromatic heterocycles. The first-order chi connectivity index (χ1) is 6.28. The average Bonchev–Trinajstić information content (AvgIpc) is 2.16. The second kappa shape index (κ2) is 8.89. The van der Waals surface area contributed by atoms with Crippen LogP contribution in [0.25, 0.3) is 0 Å². The Morgan fingerprint density at radius 1 is 1.00 bits per heavy atom. The summed E-state index contributed by atoms with van der Waals surface area (Å²) in [4.78, 5) is 0. The molecular formula is C8H19NO2Si2. The van der Waals surface area contributed by atoms with Crippen molar-refractivity contribution in [1.29, 1.82) is 0 Å². The van der Waals surface area contributed by atoms with Crippen molar-refractivity contribution in [3.63, 3.8) is 0 Å². The van der Waals surface area contributed by atoms with E-state index in [1.54, 1.807) is 0 Å². The van der Waals surface area contributed by atoms with Gasteiger partial charge >= 0.3 is 0 Å². The highest BCUT2D eigenvalue weighted by Crippen LogP contribution is 1.91. The van der Waals surface area contributed by atoms with E-state index in [1.807, 2.05) is 13.8 Å². The predicted octanol–water partition coefficient (Wildman–Crippen LogP) is 0.721. The number of hydrogen-bond acceptors (Lipinski definition) is 3. The van der Waals surface area contributed by atoms with Crippen molar-refractivity contribution in [2.24, 2.45) is 0 Å². The fraction of sp³-hybridized carbons (Fsp3) is 1.00. The Morgan fingerprint density at radius 2 is 1.38 bits per heavy atom. The molecule has 1 N–H and O–H groups in total. The third-order valence-electron chi connectivity index (χ3n) is 1.49. The third kappa shape index (κ3) is 6.39. The van der Waals surface area contributed by atoms with E-state index in [2.05, 4.69) is 18.4 Å². The molecule has 0 spiro atoms. The van der Waals surface area contributed by atoms with Crippen LogP contribution < -0.4 is 5.32 Å². The van der Waals surface area contributed by atoms with Crippen molar-refractivity contribution in [2.75, 3.05) is 13.2 Å². The van der Waals surface area contributed by atoms with Gasteiger partial charge in [0.1, 0.15) is 0 Å². The Bertz CT molecular complexity index is 104. The molecular weight excluding hydrogens is 198 g/mol. The largest absolute Gasteiger partial charge is 0.368 e. The lowest BCUT2D eigenvalue weighted by Crippen LogP contribution is -2.46. The van der Waals surface area contributed by atoms with E-state index in [0.29, 0.717) is 0 Å². The molecule has 0 aliphatic carbocycles. The lowest BCUT2D eigenvalue weighted by Gasteiger charge is -2.23. The van der Waals surface area contributed by atoms with Gasteiger partial charge in [0.15, 0.2) is 0 Å². The van der Waals surface area contributed by atoms with Gasteiger partial charge in [-0.15, -0.1) is 0 Å². The van der Waals surface area contributed by atoms with Crippen LogP contribution in [0.15, 0.2) is 0 Å². The summed E-state index contributed by atoms with van der Waals surface area (Å²) in [6.45, 7) is 9.80. The van der Waals surface area contributed by atoms with Crippen molar-refractivity contribution in [3.05, 3.63) is 0 Å². The first-order valence-electron chi connectivity index (χ1n) is 4.62. The average molecular weight is 217 g/mol. The summed E-state index contributed by atoms with van der Waals surface area (Å²) in [5.74, 6) is 0.322. The van der Waals surface area contributed by atoms with E-state index in [9.17, 15) is 0 Å². The summed E-state index contributed by atoms with van der Waals surface area (Å²) < 4.78 is 11.0. The zero-order valence-electron chi connectivity index (χ0n) is 8.89. The molecule has 2 unspecified atom stereocenters. The molecule has 0 heterocycles. The second-order valence-corrected chi connectivity index (χ2v) is 4.62. The lowest BCUT2D eigenvalue weighted by molar-refractivity contribution is 0.0261. The molecule has 3 nitrogen and oxygen atoms in total. The maximum absolute atomic E-state index is 5.50. The van der Waals surface area contributed by atoms with E-state index in [0.717, 1.165) is 32.3 Å². The van der Waals surface area contributed by atoms with E-state index in [4.69, 9.17) is 9.47 Å². The van der Waals surface area contributed by atoms with Crippen LogP contribution in [0.3, 0.4) is 0 Å². The lowest BCUT2D eigenvalue weighted by atomic mass is 10.8. The highest BCUT2D eigenvalue weighted by atomic mass is 28.2. The van der Waals surface area contributed by atoms with Gasteiger partial charge in [0.25, 0.3) is 0 Å². The van der Waals surface area contributed by atoms with Crippen molar-refractivity contribution in [1.82, 2.24) is 5.32 Å². The number of ether oxygens (including phenoxy) is 2. The van der Waals surface area contributed by atoms with E-state index >= 15 is 0 Å². The van der Waals surface area contributed by atoms with E-state index in [1.165, 1.54) is 0 Å². The third-order valence-corrected chi connectivity index (χ3v) is 3.21. The SMILES string of the molecule is CCOC(NC(OCC)[Si]C)[Si]C. The minimum Gasteiger partial charge on any atom is -0.368 e. The van der Waals surface area contributed by atoms with Gasteiger partial charge in [0, 0.05) is 13.2 Å². The van der Waals surface area contributed by atoms with Gasteiger partial charge in [-0.1, -0.05) is 13.1 Å². The Kier molecular flexibility index (Phi) is 9.11. The molecule has 0 fully saturated rings. The minimum absolute atomic E-state index is 0.161. The number of nitrogens with one attached hydrogen (secondary N) is 1. The fourth-order valence-electron chi connectivity index (χ4n) is 0.900. The smallest absolute Gasteiger partial charge is 0.0954 e. The maximum atomic E-state index is 5.50. The molecule has 0 saturated carbocycles. The molecule has 2 atom stereocenters. The molecule has 5 heteroatoms. The zero-order valence-corrected chi connectivity index (χ0v) is 10.9. The second-order valence-electron chi connectivity index (χ2n) is 2.41. The van der Waals surface area contributed by atoms with Crippen molar-refractivity contribution in [2.45, 2.75) is 38.6 Å². The van der Waals surface area contributed by atoms with Crippen LogP contribution in [0.5, 0.6) is 0 Å². The van der Waals surface area contributed by atoms with Crippen LogP contribution in [-0.2, 0) is 9.47 Å². The van der Waals surface area contributed by atoms with Crippen molar-refractivity contribution < 1.29 is 9.47 Å². The number of hydrogen-bond donors (Lipinski definition) is 1. The summed E-state index contributed by atoms with van der Waals surface area (Å²) in [5.41, 5.74) is 0. The zero-order chi connectivity index (χ0) is 10.1. The minimum atomic E-state index is 0.161. The van der Waals surface area contributed by atoms with Gasteiger partial charge in [0.2, 0.25) is 0 Å². The van der Waals surface area contributed by atoms with Gasteiger partial charge in [-0.05, 0) is 13.8 Å². The molecule has 0 saturated heterocycles. The molecule has 0 amide bonds. The molecule has 0 rings (SSSR count). The Morgan fingerprint density at radius 3 is 1.62 bits per heavy atom. The van der Waals surface area contributed by atoms with Crippen LogP contribution in [0.2, 0.25) is 13.1 Å². The van der Waals surface area contributed by atoms with Gasteiger partial charge in [0.05, 0.1) is 30.7 Å². The Balaban J connectivity index is 3.73. The standard InChI is InChI=1S/C8H19NO2Si2/c1-5-10-7(12-3)9-8(13-4)11-6-2/h7-9H,5-6H2,1-4H3. The van der Waals surface area contributed by atoms with Gasteiger partial charge in [-0.2, -0.15) is 0 Å². The molecule has 76 valence electrons. The Labute approximate surface area is 86.2 Å². The molecule has 0 aliphatic rings.